The second kappa shape index (κ2) is 4.11. The summed E-state index contributed by atoms with van der Waals surface area (Å²) in [7, 11) is 0. The van der Waals surface area contributed by atoms with Gasteiger partial charge in [0.2, 0.25) is 0 Å². The van der Waals surface area contributed by atoms with Crippen LogP contribution >= 0.6 is 15.9 Å². The minimum absolute atomic E-state index is 0.223. The van der Waals surface area contributed by atoms with Gasteiger partial charge >= 0.3 is 0 Å². The van der Waals surface area contributed by atoms with E-state index in [2.05, 4.69) is 25.5 Å². The van der Waals surface area contributed by atoms with Crippen LogP contribution in [0.25, 0.3) is 11.0 Å². The van der Waals surface area contributed by atoms with Crippen LogP contribution in [0.1, 0.15) is 6.42 Å². The van der Waals surface area contributed by atoms with Crippen molar-refractivity contribution in [3.8, 4) is 0 Å². The molecule has 14 heavy (non-hydrogen) atoms. The van der Waals surface area contributed by atoms with Crippen LogP contribution in [-0.2, 0) is 6.54 Å². The van der Waals surface area contributed by atoms with Gasteiger partial charge in [-0.2, -0.15) is 0 Å². The molecule has 0 saturated carbocycles. The summed E-state index contributed by atoms with van der Waals surface area (Å²) < 4.78 is 3.08. The van der Waals surface area contributed by atoms with Crippen LogP contribution < -0.4 is 0 Å². The van der Waals surface area contributed by atoms with Gasteiger partial charge in [0.1, 0.15) is 0 Å². The molecule has 0 unspecified atom stereocenters. The first-order chi connectivity index (χ1) is 6.81. The minimum Gasteiger partial charge on any atom is -0.396 e. The maximum atomic E-state index is 8.75. The van der Waals surface area contributed by atoms with E-state index in [4.69, 9.17) is 5.11 Å². The summed E-state index contributed by atoms with van der Waals surface area (Å²) in [6, 6.07) is 4.03. The molecule has 2 aromatic rings. The van der Waals surface area contributed by atoms with E-state index in [1.807, 2.05) is 18.3 Å². The van der Waals surface area contributed by atoms with Crippen LogP contribution in [0.4, 0.5) is 0 Å². The molecule has 2 heterocycles. The monoisotopic (exact) mass is 254 g/mol. The molecule has 2 aromatic heterocycles. The number of aliphatic hydroxyl groups excluding tert-OH is 1. The second-order valence-electron chi connectivity index (χ2n) is 3.14. The van der Waals surface area contributed by atoms with Crippen molar-refractivity contribution in [3.63, 3.8) is 0 Å². The first-order valence-corrected chi connectivity index (χ1v) is 5.32. The molecule has 0 aliphatic rings. The van der Waals surface area contributed by atoms with Crippen molar-refractivity contribution in [2.45, 2.75) is 13.0 Å². The minimum atomic E-state index is 0.223. The van der Waals surface area contributed by atoms with E-state index in [0.717, 1.165) is 28.5 Å². The Morgan fingerprint density at radius 1 is 1.50 bits per heavy atom. The van der Waals surface area contributed by atoms with E-state index in [-0.39, 0.29) is 6.61 Å². The molecule has 3 nitrogen and oxygen atoms in total. The van der Waals surface area contributed by atoms with Gasteiger partial charge in [0.05, 0.1) is 11.0 Å². The van der Waals surface area contributed by atoms with Gasteiger partial charge in [0.25, 0.3) is 0 Å². The number of aromatic nitrogens is 2. The number of halogens is 1. The van der Waals surface area contributed by atoms with Gasteiger partial charge in [-0.25, -0.2) is 0 Å². The second-order valence-corrected chi connectivity index (χ2v) is 4.06. The van der Waals surface area contributed by atoms with Gasteiger partial charge in [-0.05, 0) is 34.5 Å². The standard InChI is InChI=1S/C10H11BrN2O/c11-8-6-10-9(12-7-8)2-4-13(10)3-1-5-14/h2,4,6-7,14H,1,3,5H2. The number of hydrogen-bond acceptors (Lipinski definition) is 2. The topological polar surface area (TPSA) is 38.0 Å². The zero-order valence-corrected chi connectivity index (χ0v) is 9.24. The predicted molar refractivity (Wildman–Crippen MR) is 59.1 cm³/mol. The summed E-state index contributed by atoms with van der Waals surface area (Å²) in [6.07, 6.45) is 4.56. The zero-order valence-electron chi connectivity index (χ0n) is 7.65. The Kier molecular flexibility index (Phi) is 2.84. The fraction of sp³-hybridized carbons (Fsp3) is 0.300. The number of rotatable bonds is 3. The molecular weight excluding hydrogens is 244 g/mol. The molecule has 0 saturated heterocycles. The summed E-state index contributed by atoms with van der Waals surface area (Å²) in [5, 5.41) is 8.75. The lowest BCUT2D eigenvalue weighted by atomic mass is 10.4. The molecule has 0 aliphatic carbocycles. The Morgan fingerprint density at radius 3 is 3.14 bits per heavy atom. The molecule has 1 N–H and O–H groups in total. The molecule has 0 aromatic carbocycles. The number of fused-ring (bicyclic) bond motifs is 1. The largest absolute Gasteiger partial charge is 0.396 e. The summed E-state index contributed by atoms with van der Waals surface area (Å²) in [5.41, 5.74) is 2.10. The molecule has 2 rings (SSSR count). The van der Waals surface area contributed by atoms with Crippen molar-refractivity contribution < 1.29 is 5.11 Å². The summed E-state index contributed by atoms with van der Waals surface area (Å²) >= 11 is 3.39. The first kappa shape index (κ1) is 9.68. The van der Waals surface area contributed by atoms with Gasteiger partial charge in [-0.15, -0.1) is 0 Å². The maximum absolute atomic E-state index is 8.75. The first-order valence-electron chi connectivity index (χ1n) is 4.52. The van der Waals surface area contributed by atoms with Crippen LogP contribution in [0.3, 0.4) is 0 Å². The van der Waals surface area contributed by atoms with Crippen molar-refractivity contribution in [2.75, 3.05) is 6.61 Å². The molecule has 4 heteroatoms. The lowest BCUT2D eigenvalue weighted by Crippen LogP contribution is -1.98. The molecule has 0 atom stereocenters. The van der Waals surface area contributed by atoms with Crippen LogP contribution in [0.2, 0.25) is 0 Å². The normalized spacial score (nSPS) is 11.0. The van der Waals surface area contributed by atoms with Crippen LogP contribution in [0.15, 0.2) is 29.0 Å². The van der Waals surface area contributed by atoms with Crippen LogP contribution in [-0.4, -0.2) is 21.3 Å². The predicted octanol–water partition coefficient (Wildman–Crippen LogP) is 2.18. The highest BCUT2D eigenvalue weighted by Gasteiger charge is 2.01. The highest BCUT2D eigenvalue weighted by molar-refractivity contribution is 9.10. The van der Waals surface area contributed by atoms with E-state index < -0.39 is 0 Å². The number of hydrogen-bond donors (Lipinski definition) is 1. The number of nitrogens with zero attached hydrogens (tertiary/aromatic N) is 2. The molecular formula is C10H11BrN2O. The Hall–Kier alpha value is -0.870. The number of pyridine rings is 1. The van der Waals surface area contributed by atoms with E-state index >= 15 is 0 Å². The maximum Gasteiger partial charge on any atom is 0.0881 e. The smallest absolute Gasteiger partial charge is 0.0881 e. The highest BCUT2D eigenvalue weighted by atomic mass is 79.9. The molecule has 0 amide bonds. The van der Waals surface area contributed by atoms with Crippen molar-refractivity contribution in [2.24, 2.45) is 0 Å². The zero-order chi connectivity index (χ0) is 9.97. The summed E-state index contributed by atoms with van der Waals surface area (Å²) in [5.74, 6) is 0. The van der Waals surface area contributed by atoms with E-state index in [1.54, 1.807) is 6.20 Å². The van der Waals surface area contributed by atoms with E-state index in [9.17, 15) is 0 Å². The molecule has 0 spiro atoms. The van der Waals surface area contributed by atoms with Crippen molar-refractivity contribution in [1.29, 1.82) is 0 Å². The van der Waals surface area contributed by atoms with Gasteiger partial charge in [0, 0.05) is 30.0 Å². The third kappa shape index (κ3) is 1.81. The number of aliphatic hydroxyl groups is 1. The molecule has 74 valence electrons. The lowest BCUT2D eigenvalue weighted by molar-refractivity contribution is 0.280. The SMILES string of the molecule is OCCCn1ccc2ncc(Br)cc21. The fourth-order valence-corrected chi connectivity index (χ4v) is 1.79. The van der Waals surface area contributed by atoms with Crippen molar-refractivity contribution >= 4 is 27.0 Å². The van der Waals surface area contributed by atoms with Gasteiger partial charge in [-0.1, -0.05) is 0 Å². The fourth-order valence-electron chi connectivity index (χ4n) is 1.47. The molecule has 0 bridgehead atoms. The lowest BCUT2D eigenvalue weighted by Gasteiger charge is -2.03. The average molecular weight is 255 g/mol. The van der Waals surface area contributed by atoms with E-state index in [1.165, 1.54) is 0 Å². The highest BCUT2D eigenvalue weighted by Crippen LogP contribution is 2.18. The Balaban J connectivity index is 2.40. The van der Waals surface area contributed by atoms with Crippen molar-refractivity contribution in [1.82, 2.24) is 9.55 Å². The van der Waals surface area contributed by atoms with Gasteiger partial charge < -0.3 is 9.67 Å². The third-order valence-electron chi connectivity index (χ3n) is 2.14. The third-order valence-corrected chi connectivity index (χ3v) is 2.58. The van der Waals surface area contributed by atoms with Crippen molar-refractivity contribution in [3.05, 3.63) is 29.0 Å². The Labute approximate surface area is 90.5 Å². The Morgan fingerprint density at radius 2 is 2.36 bits per heavy atom. The van der Waals surface area contributed by atoms with Crippen LogP contribution in [0.5, 0.6) is 0 Å². The molecule has 0 radical (unpaired) electrons. The summed E-state index contributed by atoms with van der Waals surface area (Å²) in [4.78, 5) is 4.28. The average Bonchev–Trinajstić information content (AvgIpc) is 2.57. The molecule has 0 aliphatic heterocycles. The summed E-state index contributed by atoms with van der Waals surface area (Å²) in [6.45, 7) is 1.05. The molecule has 0 fully saturated rings. The Bertz CT molecular complexity index is 439. The van der Waals surface area contributed by atoms with Crippen LogP contribution in [0, 0.1) is 0 Å². The quantitative estimate of drug-likeness (QED) is 0.912. The van der Waals surface area contributed by atoms with Gasteiger partial charge in [0.15, 0.2) is 0 Å². The van der Waals surface area contributed by atoms with E-state index in [0.29, 0.717) is 0 Å². The number of aryl methyl sites for hydroxylation is 1. The van der Waals surface area contributed by atoms with Gasteiger partial charge in [-0.3, -0.25) is 4.98 Å².